The second-order valence-electron chi connectivity index (χ2n) is 6.48. The summed E-state index contributed by atoms with van der Waals surface area (Å²) in [6.07, 6.45) is -14.9. The van der Waals surface area contributed by atoms with Gasteiger partial charge in [0.25, 0.3) is 0 Å². The maximum absolute atomic E-state index is 11.5. The highest BCUT2D eigenvalue weighted by molar-refractivity contribution is 5.75. The third-order valence-electron chi connectivity index (χ3n) is 4.63. The summed E-state index contributed by atoms with van der Waals surface area (Å²) in [5.41, 5.74) is 0. The average Bonchev–Trinajstić information content (AvgIpc) is 2.67. The molecular formula is C15H27NO11. The molecule has 2 heterocycles. The first kappa shape index (κ1) is 22.4. The number of carbonyl (C=O) groups excluding carboxylic acids is 1. The second-order valence-corrected chi connectivity index (χ2v) is 6.48. The molecule has 2 aliphatic heterocycles. The summed E-state index contributed by atoms with van der Waals surface area (Å²) in [6, 6.07) is 0. The molecule has 158 valence electrons. The third kappa shape index (κ3) is 4.74. The fourth-order valence-electron chi connectivity index (χ4n) is 2.97. The Kier molecular flexibility index (Phi) is 7.88. The van der Waals surface area contributed by atoms with E-state index in [0.29, 0.717) is 0 Å². The van der Waals surface area contributed by atoms with Crippen molar-refractivity contribution in [1.29, 1.82) is 0 Å². The van der Waals surface area contributed by atoms with Crippen molar-refractivity contribution >= 4 is 5.91 Å². The van der Waals surface area contributed by atoms with Crippen LogP contribution < -0.4 is 5.32 Å². The van der Waals surface area contributed by atoms with Gasteiger partial charge in [0.05, 0.1) is 13.2 Å². The van der Waals surface area contributed by atoms with Gasteiger partial charge in [0.2, 0.25) is 5.91 Å². The molecule has 0 spiro atoms. The molecule has 0 bridgehead atoms. The van der Waals surface area contributed by atoms with Gasteiger partial charge in [-0.1, -0.05) is 6.92 Å². The number of nitrogens with one attached hydrogen (secondary N) is 1. The number of aliphatic hydroxyl groups is 7. The van der Waals surface area contributed by atoms with Gasteiger partial charge < -0.3 is 55.3 Å². The van der Waals surface area contributed by atoms with Crippen LogP contribution in [0.3, 0.4) is 0 Å². The minimum atomic E-state index is -1.73. The third-order valence-corrected chi connectivity index (χ3v) is 4.63. The van der Waals surface area contributed by atoms with Crippen molar-refractivity contribution in [3.05, 3.63) is 0 Å². The van der Waals surface area contributed by atoms with E-state index in [2.05, 4.69) is 5.32 Å². The number of hydrogen-bond acceptors (Lipinski definition) is 11. The van der Waals surface area contributed by atoms with E-state index in [4.69, 9.17) is 14.2 Å². The van der Waals surface area contributed by atoms with E-state index in [9.17, 15) is 40.5 Å². The lowest BCUT2D eigenvalue weighted by atomic mass is 9.96. The summed E-state index contributed by atoms with van der Waals surface area (Å²) in [5, 5.41) is 71.2. The van der Waals surface area contributed by atoms with Crippen LogP contribution in [0.25, 0.3) is 0 Å². The number of ether oxygens (including phenoxy) is 3. The molecule has 0 aromatic carbocycles. The predicted octanol–water partition coefficient (Wildman–Crippen LogP) is -4.86. The lowest BCUT2D eigenvalue weighted by molar-refractivity contribution is -0.343. The molecule has 12 heteroatoms. The first-order valence-electron chi connectivity index (χ1n) is 8.62. The summed E-state index contributed by atoms with van der Waals surface area (Å²) < 4.78 is 16.0. The maximum Gasteiger partial charge on any atom is 0.221 e. The van der Waals surface area contributed by atoms with E-state index in [1.54, 1.807) is 6.92 Å². The molecule has 0 aromatic rings. The lowest BCUT2D eigenvalue weighted by Gasteiger charge is -2.46. The van der Waals surface area contributed by atoms with E-state index >= 15 is 0 Å². The number of amides is 1. The Morgan fingerprint density at radius 2 is 1.52 bits per heavy atom. The fraction of sp³-hybridized carbons (Fsp3) is 0.933. The summed E-state index contributed by atoms with van der Waals surface area (Å²) in [6.45, 7) is 0.242. The molecule has 8 N–H and O–H groups in total. The molecule has 2 rings (SSSR count). The number of aliphatic hydroxyl groups excluding tert-OH is 7. The van der Waals surface area contributed by atoms with Gasteiger partial charge in [0.15, 0.2) is 12.5 Å². The quantitative estimate of drug-likeness (QED) is 0.214. The Labute approximate surface area is 154 Å². The average molecular weight is 397 g/mol. The minimum Gasteiger partial charge on any atom is -0.394 e. The lowest BCUT2D eigenvalue weighted by Crippen LogP contribution is -2.66. The van der Waals surface area contributed by atoms with Crippen LogP contribution in [0.5, 0.6) is 0 Å². The van der Waals surface area contributed by atoms with E-state index < -0.39 is 80.5 Å². The van der Waals surface area contributed by atoms with Crippen LogP contribution in [0.1, 0.15) is 13.3 Å². The van der Waals surface area contributed by atoms with Crippen molar-refractivity contribution in [1.82, 2.24) is 5.32 Å². The Morgan fingerprint density at radius 3 is 2.07 bits per heavy atom. The first-order valence-corrected chi connectivity index (χ1v) is 8.62. The van der Waals surface area contributed by atoms with Crippen molar-refractivity contribution in [3.63, 3.8) is 0 Å². The number of carbonyl (C=O) groups is 1. The van der Waals surface area contributed by atoms with E-state index in [1.165, 1.54) is 0 Å². The van der Waals surface area contributed by atoms with E-state index in [0.717, 1.165) is 0 Å². The standard InChI is InChI=1S/C15H27NO11/c1-2-7(19)16-14-11(23)10(22)13(6(4-18)25-14)27-15-12(24)9(21)8(20)5(3-17)26-15/h5-6,8-15,17-18,20-24H,2-4H2,1H3,(H,16,19)/t5-,6-,8-,9+,10-,11-,12-,13-,14-,15+/m1/s1. The zero-order chi connectivity index (χ0) is 20.3. The SMILES string of the molecule is CCC(=O)N[C@@H]1O[C@H](CO)[C@@H](O[C@@H]2O[C@H](CO)[C@@H](O)[C@H](O)[C@H]2O)[C@H](O)[C@H]1O. The number of hydrogen-bond donors (Lipinski definition) is 8. The van der Waals surface area contributed by atoms with Crippen molar-refractivity contribution in [3.8, 4) is 0 Å². The molecule has 0 saturated carbocycles. The molecule has 0 aromatic heterocycles. The highest BCUT2D eigenvalue weighted by Crippen LogP contribution is 2.28. The largest absolute Gasteiger partial charge is 0.394 e. The van der Waals surface area contributed by atoms with Gasteiger partial charge in [-0.2, -0.15) is 0 Å². The van der Waals surface area contributed by atoms with Gasteiger partial charge in [-0.05, 0) is 0 Å². The Morgan fingerprint density at radius 1 is 0.889 bits per heavy atom. The van der Waals surface area contributed by atoms with Crippen LogP contribution in [-0.4, -0.2) is 116 Å². The molecule has 2 saturated heterocycles. The molecule has 0 radical (unpaired) electrons. The van der Waals surface area contributed by atoms with E-state index in [1.807, 2.05) is 0 Å². The Bertz CT molecular complexity index is 490. The zero-order valence-electron chi connectivity index (χ0n) is 14.7. The van der Waals surface area contributed by atoms with Crippen LogP contribution >= 0.6 is 0 Å². The normalized spacial score (nSPS) is 45.5. The topological polar surface area (TPSA) is 198 Å². The van der Waals surface area contributed by atoms with Crippen LogP contribution in [-0.2, 0) is 19.0 Å². The van der Waals surface area contributed by atoms with Gasteiger partial charge in [0.1, 0.15) is 48.8 Å². The summed E-state index contributed by atoms with van der Waals surface area (Å²) >= 11 is 0. The molecule has 0 unspecified atom stereocenters. The van der Waals surface area contributed by atoms with Crippen LogP contribution in [0, 0.1) is 0 Å². The summed E-state index contributed by atoms with van der Waals surface area (Å²) in [4.78, 5) is 11.5. The molecule has 1 amide bonds. The van der Waals surface area contributed by atoms with Crippen LogP contribution in [0.4, 0.5) is 0 Å². The van der Waals surface area contributed by atoms with Crippen LogP contribution in [0.15, 0.2) is 0 Å². The second kappa shape index (κ2) is 9.52. The van der Waals surface area contributed by atoms with Gasteiger partial charge in [-0.15, -0.1) is 0 Å². The van der Waals surface area contributed by atoms with Gasteiger partial charge in [0, 0.05) is 6.42 Å². The Balaban J connectivity index is 2.11. The van der Waals surface area contributed by atoms with Crippen molar-refractivity contribution < 1.29 is 54.8 Å². The molecule has 12 nitrogen and oxygen atoms in total. The summed E-state index contributed by atoms with van der Waals surface area (Å²) in [5.74, 6) is -0.448. The predicted molar refractivity (Wildman–Crippen MR) is 84.8 cm³/mol. The Hall–Kier alpha value is -0.930. The van der Waals surface area contributed by atoms with Crippen molar-refractivity contribution in [2.24, 2.45) is 0 Å². The highest BCUT2D eigenvalue weighted by atomic mass is 16.7. The highest BCUT2D eigenvalue weighted by Gasteiger charge is 2.50. The molecular weight excluding hydrogens is 370 g/mol. The van der Waals surface area contributed by atoms with Crippen molar-refractivity contribution in [2.75, 3.05) is 13.2 Å². The smallest absolute Gasteiger partial charge is 0.221 e. The van der Waals surface area contributed by atoms with Crippen LogP contribution in [0.2, 0.25) is 0 Å². The molecule has 2 aliphatic rings. The van der Waals surface area contributed by atoms with Gasteiger partial charge >= 0.3 is 0 Å². The zero-order valence-corrected chi connectivity index (χ0v) is 14.7. The monoisotopic (exact) mass is 397 g/mol. The van der Waals surface area contributed by atoms with Gasteiger partial charge in [-0.3, -0.25) is 4.79 Å². The molecule has 0 aliphatic carbocycles. The van der Waals surface area contributed by atoms with Crippen molar-refractivity contribution in [2.45, 2.75) is 74.7 Å². The molecule has 27 heavy (non-hydrogen) atoms. The minimum absolute atomic E-state index is 0.108. The maximum atomic E-state index is 11.5. The molecule has 10 atom stereocenters. The fourth-order valence-corrected chi connectivity index (χ4v) is 2.97. The number of rotatable bonds is 6. The molecule has 2 fully saturated rings. The van der Waals surface area contributed by atoms with E-state index in [-0.39, 0.29) is 6.42 Å². The summed E-state index contributed by atoms with van der Waals surface area (Å²) in [7, 11) is 0. The first-order chi connectivity index (χ1) is 12.7. The van der Waals surface area contributed by atoms with Gasteiger partial charge in [-0.25, -0.2) is 0 Å².